The van der Waals surface area contributed by atoms with Gasteiger partial charge in [-0.2, -0.15) is 5.10 Å². The number of nitrogen functional groups attached to an aromatic ring is 1. The first-order valence-corrected chi connectivity index (χ1v) is 6.74. The van der Waals surface area contributed by atoms with Gasteiger partial charge in [-0.3, -0.25) is 0 Å². The van der Waals surface area contributed by atoms with Crippen LogP contribution in [0.3, 0.4) is 0 Å². The number of benzene rings is 1. The van der Waals surface area contributed by atoms with Gasteiger partial charge in [0.15, 0.2) is 0 Å². The van der Waals surface area contributed by atoms with Crippen LogP contribution in [0.15, 0.2) is 18.2 Å². The van der Waals surface area contributed by atoms with Crippen molar-refractivity contribution in [1.82, 2.24) is 9.78 Å². The summed E-state index contributed by atoms with van der Waals surface area (Å²) in [5, 5.41) is 5.34. The van der Waals surface area contributed by atoms with Crippen molar-refractivity contribution in [3.8, 4) is 11.6 Å². The van der Waals surface area contributed by atoms with Crippen molar-refractivity contribution in [2.24, 2.45) is 0 Å². The van der Waals surface area contributed by atoms with Crippen LogP contribution in [0.25, 0.3) is 0 Å². The highest BCUT2D eigenvalue weighted by Crippen LogP contribution is 2.35. The quantitative estimate of drug-likeness (QED) is 0.916. The minimum Gasteiger partial charge on any atom is -0.436 e. The summed E-state index contributed by atoms with van der Waals surface area (Å²) in [5.74, 6) is 1.03. The van der Waals surface area contributed by atoms with E-state index in [0.29, 0.717) is 27.4 Å². The number of hydrogen-bond acceptors (Lipinski definition) is 3. The number of halogens is 2. The molecule has 102 valence electrons. The number of nitrogens with zero attached hydrogens (tertiary/aromatic N) is 2. The lowest BCUT2D eigenvalue weighted by atomic mass is 10.3. The van der Waals surface area contributed by atoms with Crippen LogP contribution >= 0.6 is 23.2 Å². The number of aryl methyl sites for hydroxylation is 2. The molecule has 1 aromatic carbocycles. The van der Waals surface area contributed by atoms with Crippen LogP contribution in [-0.4, -0.2) is 9.78 Å². The molecule has 0 saturated carbocycles. The van der Waals surface area contributed by atoms with E-state index in [2.05, 4.69) is 12.0 Å². The number of hydrogen-bond donors (Lipinski definition) is 1. The molecule has 6 heteroatoms. The molecular weight excluding hydrogens is 285 g/mol. The largest absolute Gasteiger partial charge is 0.436 e. The van der Waals surface area contributed by atoms with Gasteiger partial charge in [0.2, 0.25) is 5.88 Å². The van der Waals surface area contributed by atoms with Gasteiger partial charge in [-0.25, -0.2) is 4.68 Å². The smallest absolute Gasteiger partial charge is 0.241 e. The summed E-state index contributed by atoms with van der Waals surface area (Å²) in [6.45, 7) is 4.64. The topological polar surface area (TPSA) is 53.1 Å². The molecule has 0 atom stereocenters. The van der Waals surface area contributed by atoms with Gasteiger partial charge in [-0.15, -0.1) is 0 Å². The first-order valence-electron chi connectivity index (χ1n) is 5.98. The van der Waals surface area contributed by atoms with E-state index in [4.69, 9.17) is 33.7 Å². The van der Waals surface area contributed by atoms with Gasteiger partial charge < -0.3 is 10.5 Å². The highest BCUT2D eigenvalue weighted by Gasteiger charge is 2.15. The Morgan fingerprint density at radius 1 is 1.37 bits per heavy atom. The van der Waals surface area contributed by atoms with Crippen LogP contribution in [0.5, 0.6) is 11.6 Å². The van der Waals surface area contributed by atoms with Crippen molar-refractivity contribution in [2.75, 3.05) is 5.73 Å². The summed E-state index contributed by atoms with van der Waals surface area (Å²) in [4.78, 5) is 0. The molecule has 1 heterocycles. The molecule has 0 bridgehead atoms. The monoisotopic (exact) mass is 299 g/mol. The summed E-state index contributed by atoms with van der Waals surface area (Å²) in [6, 6.07) is 5.05. The van der Waals surface area contributed by atoms with Crippen molar-refractivity contribution < 1.29 is 4.74 Å². The Labute approximate surface area is 122 Å². The van der Waals surface area contributed by atoms with Gasteiger partial charge in [-0.05, 0) is 31.5 Å². The van der Waals surface area contributed by atoms with E-state index in [0.717, 1.165) is 18.7 Å². The number of rotatable bonds is 4. The fraction of sp³-hybridized carbons (Fsp3) is 0.308. The van der Waals surface area contributed by atoms with Crippen LogP contribution < -0.4 is 10.5 Å². The van der Waals surface area contributed by atoms with Crippen molar-refractivity contribution in [1.29, 1.82) is 0 Å². The predicted molar refractivity (Wildman–Crippen MR) is 78.2 cm³/mol. The molecule has 4 nitrogen and oxygen atoms in total. The molecule has 2 N–H and O–H groups in total. The summed E-state index contributed by atoms with van der Waals surface area (Å²) < 4.78 is 7.53. The predicted octanol–water partition coefficient (Wildman–Crippen LogP) is 4.28. The second-order valence-electron chi connectivity index (χ2n) is 4.20. The Morgan fingerprint density at radius 3 is 2.74 bits per heavy atom. The normalized spacial score (nSPS) is 10.7. The van der Waals surface area contributed by atoms with Crippen LogP contribution in [0.1, 0.15) is 19.0 Å². The first kappa shape index (κ1) is 14.0. The maximum atomic E-state index is 6.09. The standard InChI is InChI=1S/C13H15Cl2N3O/c1-3-6-18-13(12(16)8(2)17-18)19-11-5-4-9(14)7-10(11)15/h4-5,7H,3,6,16H2,1-2H3. The average molecular weight is 300 g/mol. The van der Waals surface area contributed by atoms with E-state index in [1.165, 1.54) is 0 Å². The van der Waals surface area contributed by atoms with Gasteiger partial charge in [0.1, 0.15) is 11.4 Å². The summed E-state index contributed by atoms with van der Waals surface area (Å²) in [7, 11) is 0. The fourth-order valence-electron chi connectivity index (χ4n) is 1.71. The second-order valence-corrected chi connectivity index (χ2v) is 5.05. The van der Waals surface area contributed by atoms with E-state index >= 15 is 0 Å². The van der Waals surface area contributed by atoms with E-state index < -0.39 is 0 Å². The van der Waals surface area contributed by atoms with Gasteiger partial charge in [-0.1, -0.05) is 30.1 Å². The average Bonchev–Trinajstić information content (AvgIpc) is 2.61. The van der Waals surface area contributed by atoms with Crippen molar-refractivity contribution in [3.63, 3.8) is 0 Å². The Hall–Kier alpha value is -1.39. The Kier molecular flexibility index (Phi) is 4.22. The lowest BCUT2D eigenvalue weighted by Gasteiger charge is -2.10. The zero-order valence-corrected chi connectivity index (χ0v) is 12.3. The third-order valence-corrected chi connectivity index (χ3v) is 3.19. The van der Waals surface area contributed by atoms with Crippen LogP contribution in [-0.2, 0) is 6.54 Å². The molecule has 19 heavy (non-hydrogen) atoms. The molecule has 2 rings (SSSR count). The van der Waals surface area contributed by atoms with E-state index in [1.54, 1.807) is 22.9 Å². The summed E-state index contributed by atoms with van der Waals surface area (Å²) >= 11 is 11.9. The molecular formula is C13H15Cl2N3O. The van der Waals surface area contributed by atoms with Crippen LogP contribution in [0.4, 0.5) is 5.69 Å². The molecule has 0 spiro atoms. The zero-order chi connectivity index (χ0) is 14.0. The Bertz CT molecular complexity index is 596. The number of aromatic nitrogens is 2. The molecule has 0 saturated heterocycles. The molecule has 0 amide bonds. The van der Waals surface area contributed by atoms with Gasteiger partial charge >= 0.3 is 0 Å². The van der Waals surface area contributed by atoms with E-state index in [9.17, 15) is 0 Å². The summed E-state index contributed by atoms with van der Waals surface area (Å²) in [5.41, 5.74) is 7.26. The second kappa shape index (κ2) is 5.72. The van der Waals surface area contributed by atoms with Crippen molar-refractivity contribution in [3.05, 3.63) is 33.9 Å². The van der Waals surface area contributed by atoms with E-state index in [1.807, 2.05) is 6.92 Å². The minimum absolute atomic E-state index is 0.439. The van der Waals surface area contributed by atoms with E-state index in [-0.39, 0.29) is 0 Å². The SMILES string of the molecule is CCCn1nc(C)c(N)c1Oc1ccc(Cl)cc1Cl. The molecule has 0 aliphatic rings. The number of anilines is 1. The molecule has 0 unspecified atom stereocenters. The highest BCUT2D eigenvalue weighted by atomic mass is 35.5. The van der Waals surface area contributed by atoms with Crippen molar-refractivity contribution >= 4 is 28.9 Å². The zero-order valence-electron chi connectivity index (χ0n) is 10.8. The first-order chi connectivity index (χ1) is 9.02. The minimum atomic E-state index is 0.439. The molecule has 1 aromatic heterocycles. The van der Waals surface area contributed by atoms with Gasteiger partial charge in [0.25, 0.3) is 0 Å². The molecule has 0 radical (unpaired) electrons. The third kappa shape index (κ3) is 2.96. The molecule has 0 aliphatic carbocycles. The lowest BCUT2D eigenvalue weighted by molar-refractivity contribution is 0.410. The number of nitrogens with two attached hydrogens (primary N) is 1. The van der Waals surface area contributed by atoms with Crippen LogP contribution in [0, 0.1) is 6.92 Å². The fourth-order valence-corrected chi connectivity index (χ4v) is 2.15. The molecule has 0 fully saturated rings. The maximum Gasteiger partial charge on any atom is 0.241 e. The van der Waals surface area contributed by atoms with Crippen LogP contribution in [0.2, 0.25) is 10.0 Å². The third-order valence-electron chi connectivity index (χ3n) is 2.66. The Morgan fingerprint density at radius 2 is 2.11 bits per heavy atom. The highest BCUT2D eigenvalue weighted by molar-refractivity contribution is 6.35. The van der Waals surface area contributed by atoms with Crippen molar-refractivity contribution in [2.45, 2.75) is 26.8 Å². The summed E-state index contributed by atoms with van der Waals surface area (Å²) in [6.07, 6.45) is 0.936. The lowest BCUT2D eigenvalue weighted by Crippen LogP contribution is -2.02. The molecule has 0 aliphatic heterocycles. The Balaban J connectivity index is 2.37. The van der Waals surface area contributed by atoms with Gasteiger partial charge in [0, 0.05) is 11.6 Å². The van der Waals surface area contributed by atoms with Gasteiger partial charge in [0.05, 0.1) is 10.7 Å². The maximum absolute atomic E-state index is 6.09. The molecule has 2 aromatic rings. The number of ether oxygens (including phenoxy) is 1.